The summed E-state index contributed by atoms with van der Waals surface area (Å²) in [5.74, 6) is 0.154. The predicted molar refractivity (Wildman–Crippen MR) is 62.7 cm³/mol. The molecule has 0 heterocycles. The summed E-state index contributed by atoms with van der Waals surface area (Å²) >= 11 is 0. The highest BCUT2D eigenvalue weighted by atomic mass is 16.1. The Labute approximate surface area is 91.7 Å². The van der Waals surface area contributed by atoms with Gasteiger partial charge in [0.2, 0.25) is 5.91 Å². The van der Waals surface area contributed by atoms with E-state index < -0.39 is 0 Å². The van der Waals surface area contributed by atoms with Crippen LogP contribution in [0.1, 0.15) is 32.3 Å². The molecule has 1 rings (SSSR count). The molecule has 1 N–H and O–H groups in total. The molecule has 0 aliphatic heterocycles. The number of hydrogen-bond acceptors (Lipinski definition) is 1. The molecule has 0 saturated heterocycles. The molecular weight excluding hydrogens is 186 g/mol. The van der Waals surface area contributed by atoms with Crippen molar-refractivity contribution in [3.63, 3.8) is 0 Å². The van der Waals surface area contributed by atoms with Crippen LogP contribution in [0.15, 0.2) is 30.3 Å². The van der Waals surface area contributed by atoms with Crippen molar-refractivity contribution in [1.29, 1.82) is 0 Å². The molecular formula is C13H19NO. The van der Waals surface area contributed by atoms with Gasteiger partial charge in [-0.2, -0.15) is 0 Å². The second-order valence-corrected chi connectivity index (χ2v) is 3.91. The van der Waals surface area contributed by atoms with Crippen LogP contribution in [-0.4, -0.2) is 11.9 Å². The molecule has 0 spiro atoms. The molecule has 82 valence electrons. The summed E-state index contributed by atoms with van der Waals surface area (Å²) in [6.07, 6.45) is 2.43. The van der Waals surface area contributed by atoms with E-state index in [-0.39, 0.29) is 11.9 Å². The summed E-state index contributed by atoms with van der Waals surface area (Å²) in [6.45, 7) is 4.06. The second kappa shape index (κ2) is 6.23. The molecule has 1 unspecified atom stereocenters. The van der Waals surface area contributed by atoms with Gasteiger partial charge in [0.25, 0.3) is 0 Å². The van der Waals surface area contributed by atoms with Gasteiger partial charge in [0.05, 0.1) is 0 Å². The molecule has 0 aliphatic carbocycles. The predicted octanol–water partition coefficient (Wildman–Crippen LogP) is 2.53. The third-order valence-electron chi connectivity index (χ3n) is 2.27. The average Bonchev–Trinajstić information content (AvgIpc) is 2.19. The van der Waals surface area contributed by atoms with Crippen LogP contribution in [0.25, 0.3) is 0 Å². The van der Waals surface area contributed by atoms with Crippen LogP contribution in [0.4, 0.5) is 0 Å². The van der Waals surface area contributed by atoms with E-state index in [0.717, 1.165) is 12.8 Å². The smallest absolute Gasteiger partial charge is 0.220 e. The Morgan fingerprint density at radius 2 is 2.00 bits per heavy atom. The van der Waals surface area contributed by atoms with Gasteiger partial charge in [-0.25, -0.2) is 0 Å². The van der Waals surface area contributed by atoms with Gasteiger partial charge < -0.3 is 5.32 Å². The van der Waals surface area contributed by atoms with Crippen molar-refractivity contribution >= 4 is 5.91 Å². The summed E-state index contributed by atoms with van der Waals surface area (Å²) in [6, 6.07) is 10.4. The first-order chi connectivity index (χ1) is 7.22. The number of nitrogens with one attached hydrogen (secondary N) is 1. The normalized spacial score (nSPS) is 12.1. The summed E-state index contributed by atoms with van der Waals surface area (Å²) < 4.78 is 0. The summed E-state index contributed by atoms with van der Waals surface area (Å²) in [7, 11) is 0. The largest absolute Gasteiger partial charge is 0.353 e. The van der Waals surface area contributed by atoms with E-state index in [1.165, 1.54) is 5.56 Å². The number of hydrogen-bond donors (Lipinski definition) is 1. The molecule has 15 heavy (non-hydrogen) atoms. The Morgan fingerprint density at radius 3 is 2.60 bits per heavy atom. The van der Waals surface area contributed by atoms with Crippen molar-refractivity contribution in [2.45, 2.75) is 39.2 Å². The number of benzene rings is 1. The second-order valence-electron chi connectivity index (χ2n) is 3.91. The minimum absolute atomic E-state index is 0.154. The van der Waals surface area contributed by atoms with Crippen LogP contribution in [0.5, 0.6) is 0 Å². The zero-order valence-electron chi connectivity index (χ0n) is 9.49. The zero-order chi connectivity index (χ0) is 11.1. The molecule has 0 bridgehead atoms. The van der Waals surface area contributed by atoms with E-state index in [2.05, 4.69) is 17.4 Å². The maximum Gasteiger partial charge on any atom is 0.220 e. The van der Waals surface area contributed by atoms with Crippen LogP contribution in [-0.2, 0) is 11.2 Å². The third kappa shape index (κ3) is 4.63. The molecule has 2 nitrogen and oxygen atoms in total. The molecule has 0 aliphatic rings. The van der Waals surface area contributed by atoms with Gasteiger partial charge in [0.1, 0.15) is 0 Å². The van der Waals surface area contributed by atoms with Crippen LogP contribution in [0.3, 0.4) is 0 Å². The fourth-order valence-corrected chi connectivity index (χ4v) is 1.59. The molecule has 0 saturated carbocycles. The first kappa shape index (κ1) is 11.8. The topological polar surface area (TPSA) is 29.1 Å². The molecule has 1 amide bonds. The van der Waals surface area contributed by atoms with E-state index in [1.54, 1.807) is 0 Å². The lowest BCUT2D eigenvalue weighted by atomic mass is 10.1. The zero-order valence-corrected chi connectivity index (χ0v) is 9.49. The van der Waals surface area contributed by atoms with E-state index in [0.29, 0.717) is 6.42 Å². The summed E-state index contributed by atoms with van der Waals surface area (Å²) in [5, 5.41) is 2.99. The van der Waals surface area contributed by atoms with Crippen LogP contribution in [0, 0.1) is 0 Å². The van der Waals surface area contributed by atoms with Crippen molar-refractivity contribution in [2.24, 2.45) is 0 Å². The Bertz CT molecular complexity index is 295. The van der Waals surface area contributed by atoms with Crippen molar-refractivity contribution in [2.75, 3.05) is 0 Å². The molecule has 2 heteroatoms. The molecule has 1 aromatic carbocycles. The van der Waals surface area contributed by atoms with Gasteiger partial charge in [0.15, 0.2) is 0 Å². The quantitative estimate of drug-likeness (QED) is 0.786. The van der Waals surface area contributed by atoms with Crippen LogP contribution < -0.4 is 5.32 Å². The number of carbonyl (C=O) groups excluding carboxylic acids is 1. The SMILES string of the molecule is CCCC(=O)NC(C)Cc1ccccc1. The van der Waals surface area contributed by atoms with E-state index in [1.807, 2.05) is 32.0 Å². The van der Waals surface area contributed by atoms with Crippen LogP contribution in [0.2, 0.25) is 0 Å². The lowest BCUT2D eigenvalue weighted by Gasteiger charge is -2.13. The molecule has 1 atom stereocenters. The van der Waals surface area contributed by atoms with E-state index >= 15 is 0 Å². The maximum atomic E-state index is 11.3. The minimum atomic E-state index is 0.154. The van der Waals surface area contributed by atoms with Gasteiger partial charge in [-0.05, 0) is 25.3 Å². The Morgan fingerprint density at radius 1 is 1.33 bits per heavy atom. The molecule has 0 fully saturated rings. The number of amides is 1. The van der Waals surface area contributed by atoms with E-state index in [4.69, 9.17) is 0 Å². The Balaban J connectivity index is 2.36. The maximum absolute atomic E-state index is 11.3. The minimum Gasteiger partial charge on any atom is -0.353 e. The summed E-state index contributed by atoms with van der Waals surface area (Å²) in [5.41, 5.74) is 1.27. The van der Waals surface area contributed by atoms with Crippen molar-refractivity contribution in [1.82, 2.24) is 5.32 Å². The van der Waals surface area contributed by atoms with Crippen molar-refractivity contribution in [3.05, 3.63) is 35.9 Å². The van der Waals surface area contributed by atoms with Crippen molar-refractivity contribution < 1.29 is 4.79 Å². The number of carbonyl (C=O) groups is 1. The van der Waals surface area contributed by atoms with Gasteiger partial charge in [-0.15, -0.1) is 0 Å². The van der Waals surface area contributed by atoms with E-state index in [9.17, 15) is 4.79 Å². The lowest BCUT2D eigenvalue weighted by molar-refractivity contribution is -0.121. The fraction of sp³-hybridized carbons (Fsp3) is 0.462. The molecule has 0 radical (unpaired) electrons. The van der Waals surface area contributed by atoms with Crippen LogP contribution >= 0.6 is 0 Å². The standard InChI is InChI=1S/C13H19NO/c1-3-7-13(15)14-11(2)10-12-8-5-4-6-9-12/h4-6,8-9,11H,3,7,10H2,1-2H3,(H,14,15). The van der Waals surface area contributed by atoms with Gasteiger partial charge >= 0.3 is 0 Å². The monoisotopic (exact) mass is 205 g/mol. The van der Waals surface area contributed by atoms with Gasteiger partial charge in [-0.1, -0.05) is 37.3 Å². The highest BCUT2D eigenvalue weighted by Crippen LogP contribution is 2.02. The molecule has 1 aromatic rings. The fourth-order valence-electron chi connectivity index (χ4n) is 1.59. The van der Waals surface area contributed by atoms with Crippen molar-refractivity contribution in [3.8, 4) is 0 Å². The van der Waals surface area contributed by atoms with Gasteiger partial charge in [-0.3, -0.25) is 4.79 Å². The van der Waals surface area contributed by atoms with Gasteiger partial charge in [0, 0.05) is 12.5 Å². The Hall–Kier alpha value is -1.31. The number of rotatable bonds is 5. The lowest BCUT2D eigenvalue weighted by Crippen LogP contribution is -2.33. The summed E-state index contributed by atoms with van der Waals surface area (Å²) in [4.78, 5) is 11.3. The Kier molecular flexibility index (Phi) is 4.88. The highest BCUT2D eigenvalue weighted by molar-refractivity contribution is 5.76. The third-order valence-corrected chi connectivity index (χ3v) is 2.27. The average molecular weight is 205 g/mol. The highest BCUT2D eigenvalue weighted by Gasteiger charge is 2.06. The molecule has 0 aromatic heterocycles. The first-order valence-corrected chi connectivity index (χ1v) is 5.55. The first-order valence-electron chi connectivity index (χ1n) is 5.55.